The van der Waals surface area contributed by atoms with Crippen LogP contribution in [0.25, 0.3) is 0 Å². The van der Waals surface area contributed by atoms with Crippen molar-refractivity contribution in [1.82, 2.24) is 9.97 Å². The predicted octanol–water partition coefficient (Wildman–Crippen LogP) is 1.93. The Morgan fingerprint density at radius 2 is 2.12 bits per heavy atom. The van der Waals surface area contributed by atoms with Gasteiger partial charge in [0.1, 0.15) is 12.1 Å². The van der Waals surface area contributed by atoms with Gasteiger partial charge in [0.25, 0.3) is 0 Å². The summed E-state index contributed by atoms with van der Waals surface area (Å²) in [6.07, 6.45) is 8.03. The van der Waals surface area contributed by atoms with E-state index in [1.807, 2.05) is 6.92 Å². The summed E-state index contributed by atoms with van der Waals surface area (Å²) in [6.45, 7) is 2.57. The molecule has 1 aliphatic carbocycles. The third-order valence-electron chi connectivity index (χ3n) is 3.23. The van der Waals surface area contributed by atoms with Crippen LogP contribution < -0.4 is 5.32 Å². The van der Waals surface area contributed by atoms with E-state index in [-0.39, 0.29) is 6.10 Å². The minimum atomic E-state index is -0.261. The van der Waals surface area contributed by atoms with E-state index in [9.17, 15) is 5.11 Å². The van der Waals surface area contributed by atoms with E-state index < -0.39 is 0 Å². The van der Waals surface area contributed by atoms with E-state index >= 15 is 0 Å². The fourth-order valence-corrected chi connectivity index (χ4v) is 2.25. The van der Waals surface area contributed by atoms with Crippen molar-refractivity contribution < 1.29 is 5.11 Å². The van der Waals surface area contributed by atoms with Crippen molar-refractivity contribution in [2.45, 2.75) is 51.6 Å². The van der Waals surface area contributed by atoms with E-state index in [1.165, 1.54) is 30.5 Å². The second-order valence-corrected chi connectivity index (χ2v) is 4.77. The molecule has 2 rings (SSSR count). The SMILES string of the molecule is CC(O)CCNc1ncnc2c1CCCCC2. The van der Waals surface area contributed by atoms with Gasteiger partial charge in [-0.1, -0.05) is 6.42 Å². The molecule has 2 N–H and O–H groups in total. The maximum Gasteiger partial charge on any atom is 0.132 e. The number of anilines is 1. The van der Waals surface area contributed by atoms with Crippen LogP contribution in [0.15, 0.2) is 6.33 Å². The van der Waals surface area contributed by atoms with E-state index in [2.05, 4.69) is 15.3 Å². The lowest BCUT2D eigenvalue weighted by Crippen LogP contribution is -2.13. The normalized spacial score (nSPS) is 17.1. The lowest BCUT2D eigenvalue weighted by Gasteiger charge is -2.12. The van der Waals surface area contributed by atoms with Crippen molar-refractivity contribution in [2.24, 2.45) is 0 Å². The number of aromatic nitrogens is 2. The third kappa shape index (κ3) is 3.40. The highest BCUT2D eigenvalue weighted by molar-refractivity contribution is 5.46. The topological polar surface area (TPSA) is 58.0 Å². The fourth-order valence-electron chi connectivity index (χ4n) is 2.25. The summed E-state index contributed by atoms with van der Waals surface area (Å²) in [6, 6.07) is 0. The smallest absolute Gasteiger partial charge is 0.132 e. The zero-order chi connectivity index (χ0) is 12.1. The lowest BCUT2D eigenvalue weighted by molar-refractivity contribution is 0.188. The summed E-state index contributed by atoms with van der Waals surface area (Å²) in [7, 11) is 0. The van der Waals surface area contributed by atoms with Gasteiger partial charge in [-0.25, -0.2) is 9.97 Å². The van der Waals surface area contributed by atoms with Crippen LogP contribution in [0.5, 0.6) is 0 Å². The molecule has 1 atom stereocenters. The summed E-state index contributed by atoms with van der Waals surface area (Å²) >= 11 is 0. The molecule has 1 aromatic rings. The Morgan fingerprint density at radius 1 is 1.29 bits per heavy atom. The standard InChI is InChI=1S/C13H21N3O/c1-10(17)7-8-14-13-11-5-3-2-4-6-12(11)15-9-16-13/h9-10,17H,2-8H2,1H3,(H,14,15,16). The highest BCUT2D eigenvalue weighted by Crippen LogP contribution is 2.23. The first-order valence-electron chi connectivity index (χ1n) is 6.52. The molecule has 0 bridgehead atoms. The van der Waals surface area contributed by atoms with Crippen LogP contribution >= 0.6 is 0 Å². The van der Waals surface area contributed by atoms with Crippen LogP contribution in [0.1, 0.15) is 43.9 Å². The lowest BCUT2D eigenvalue weighted by atomic mass is 10.1. The molecular formula is C13H21N3O. The molecule has 0 amide bonds. The number of hydrogen-bond acceptors (Lipinski definition) is 4. The van der Waals surface area contributed by atoms with E-state index in [4.69, 9.17) is 0 Å². The quantitative estimate of drug-likeness (QED) is 0.783. The van der Waals surface area contributed by atoms with Crippen LogP contribution in [-0.4, -0.2) is 27.7 Å². The van der Waals surface area contributed by atoms with E-state index in [1.54, 1.807) is 6.33 Å². The molecule has 94 valence electrons. The minimum absolute atomic E-state index is 0.261. The van der Waals surface area contributed by atoms with Gasteiger partial charge in [-0.05, 0) is 39.0 Å². The molecule has 1 unspecified atom stereocenters. The minimum Gasteiger partial charge on any atom is -0.393 e. The number of nitrogens with zero attached hydrogens (tertiary/aromatic N) is 2. The Morgan fingerprint density at radius 3 is 2.94 bits per heavy atom. The first kappa shape index (κ1) is 12.3. The largest absolute Gasteiger partial charge is 0.393 e. The van der Waals surface area contributed by atoms with Crippen molar-refractivity contribution >= 4 is 5.82 Å². The van der Waals surface area contributed by atoms with Gasteiger partial charge in [0.05, 0.1) is 6.10 Å². The van der Waals surface area contributed by atoms with Crippen molar-refractivity contribution in [3.05, 3.63) is 17.6 Å². The summed E-state index contributed by atoms with van der Waals surface area (Å²) in [5, 5.41) is 12.6. The number of aliphatic hydroxyl groups excluding tert-OH is 1. The van der Waals surface area contributed by atoms with Gasteiger partial charge in [-0.3, -0.25) is 0 Å². The van der Waals surface area contributed by atoms with Crippen LogP contribution in [-0.2, 0) is 12.8 Å². The second kappa shape index (κ2) is 5.96. The van der Waals surface area contributed by atoms with E-state index in [0.717, 1.165) is 31.6 Å². The fraction of sp³-hybridized carbons (Fsp3) is 0.692. The molecule has 1 heterocycles. The maximum absolute atomic E-state index is 9.24. The van der Waals surface area contributed by atoms with E-state index in [0.29, 0.717) is 0 Å². The summed E-state index contributed by atoms with van der Waals surface area (Å²) in [4.78, 5) is 8.71. The number of nitrogens with one attached hydrogen (secondary N) is 1. The predicted molar refractivity (Wildman–Crippen MR) is 68.1 cm³/mol. The molecule has 0 radical (unpaired) electrons. The van der Waals surface area contributed by atoms with Gasteiger partial charge < -0.3 is 10.4 Å². The van der Waals surface area contributed by atoms with Crippen molar-refractivity contribution in [3.8, 4) is 0 Å². The van der Waals surface area contributed by atoms with Crippen molar-refractivity contribution in [1.29, 1.82) is 0 Å². The third-order valence-corrected chi connectivity index (χ3v) is 3.23. The van der Waals surface area contributed by atoms with Gasteiger partial charge in [0, 0.05) is 17.8 Å². The molecule has 1 aliphatic rings. The Kier molecular flexibility index (Phi) is 4.31. The number of aliphatic hydroxyl groups is 1. The van der Waals surface area contributed by atoms with Gasteiger partial charge in [-0.15, -0.1) is 0 Å². The summed E-state index contributed by atoms with van der Waals surface area (Å²) in [5.41, 5.74) is 2.49. The first-order valence-corrected chi connectivity index (χ1v) is 6.52. The Balaban J connectivity index is 2.06. The number of rotatable bonds is 4. The molecule has 1 aromatic heterocycles. The molecule has 17 heavy (non-hydrogen) atoms. The average molecular weight is 235 g/mol. The van der Waals surface area contributed by atoms with Gasteiger partial charge in [0.15, 0.2) is 0 Å². The number of aryl methyl sites for hydroxylation is 1. The van der Waals surface area contributed by atoms with Crippen molar-refractivity contribution in [3.63, 3.8) is 0 Å². The Labute approximate surface area is 102 Å². The number of fused-ring (bicyclic) bond motifs is 1. The van der Waals surface area contributed by atoms with Crippen LogP contribution in [0.2, 0.25) is 0 Å². The molecular weight excluding hydrogens is 214 g/mol. The molecule has 0 aliphatic heterocycles. The monoisotopic (exact) mass is 235 g/mol. The highest BCUT2D eigenvalue weighted by Gasteiger charge is 2.13. The van der Waals surface area contributed by atoms with Crippen LogP contribution in [0.3, 0.4) is 0 Å². The van der Waals surface area contributed by atoms with Gasteiger partial charge in [0.2, 0.25) is 0 Å². The molecule has 0 saturated heterocycles. The molecule has 0 aromatic carbocycles. The number of hydrogen-bond donors (Lipinski definition) is 2. The highest BCUT2D eigenvalue weighted by atomic mass is 16.3. The summed E-state index contributed by atoms with van der Waals surface area (Å²) in [5.74, 6) is 0.970. The maximum atomic E-state index is 9.24. The van der Waals surface area contributed by atoms with Crippen LogP contribution in [0.4, 0.5) is 5.82 Å². The first-order chi connectivity index (χ1) is 8.27. The molecule has 4 heteroatoms. The van der Waals surface area contributed by atoms with Crippen molar-refractivity contribution in [2.75, 3.05) is 11.9 Å². The Bertz CT molecular complexity index is 366. The Hall–Kier alpha value is -1.16. The molecule has 0 spiro atoms. The average Bonchev–Trinajstić information content (AvgIpc) is 2.54. The molecule has 4 nitrogen and oxygen atoms in total. The zero-order valence-corrected chi connectivity index (χ0v) is 10.4. The molecule has 0 saturated carbocycles. The second-order valence-electron chi connectivity index (χ2n) is 4.77. The summed E-state index contributed by atoms with van der Waals surface area (Å²) < 4.78 is 0. The van der Waals surface area contributed by atoms with Gasteiger partial charge in [-0.2, -0.15) is 0 Å². The zero-order valence-electron chi connectivity index (χ0n) is 10.4. The van der Waals surface area contributed by atoms with Gasteiger partial charge >= 0.3 is 0 Å². The van der Waals surface area contributed by atoms with Crippen LogP contribution in [0, 0.1) is 0 Å². The molecule has 0 fully saturated rings.